The highest BCUT2D eigenvalue weighted by molar-refractivity contribution is 7.09. The molecule has 2 aromatic heterocycles. The molecule has 0 saturated carbocycles. The average molecular weight is 374 g/mol. The van der Waals surface area contributed by atoms with Crippen LogP contribution in [0.15, 0.2) is 23.6 Å². The number of carboxylic acid groups (broad SMARTS) is 1. The van der Waals surface area contributed by atoms with Gasteiger partial charge in [-0.2, -0.15) is 5.26 Å². The average Bonchev–Trinajstić information content (AvgIpc) is 3.01. The number of carboxylic acids is 1. The standard InChI is InChI=1S/C17H18N4O4S/c1-17(2,3)25-16(24)21-12(15(22)23)7-14-20-13(9-26-14)11-6-4-5-10(8-18)19-11/h4-6,9,12H,7H2,1-3H3,(H,21,24)(H,22,23). The fraction of sp³-hybridized carbons (Fsp3) is 0.353. The molecule has 8 nitrogen and oxygen atoms in total. The first kappa shape index (κ1) is 19.3. The highest BCUT2D eigenvalue weighted by Gasteiger charge is 2.25. The molecule has 9 heteroatoms. The maximum atomic E-state index is 11.8. The molecule has 0 radical (unpaired) electrons. The van der Waals surface area contributed by atoms with Gasteiger partial charge in [0.1, 0.15) is 23.4 Å². The van der Waals surface area contributed by atoms with Gasteiger partial charge in [-0.05, 0) is 32.9 Å². The molecule has 2 heterocycles. The molecule has 0 spiro atoms. The summed E-state index contributed by atoms with van der Waals surface area (Å²) < 4.78 is 5.09. The van der Waals surface area contributed by atoms with E-state index >= 15 is 0 Å². The van der Waals surface area contributed by atoms with Gasteiger partial charge in [-0.15, -0.1) is 11.3 Å². The number of carbonyl (C=O) groups excluding carboxylic acids is 1. The highest BCUT2D eigenvalue weighted by Crippen LogP contribution is 2.21. The molecule has 2 aromatic rings. The van der Waals surface area contributed by atoms with E-state index in [0.717, 1.165) is 0 Å². The van der Waals surface area contributed by atoms with Crippen molar-refractivity contribution in [2.75, 3.05) is 0 Å². The van der Waals surface area contributed by atoms with Crippen LogP contribution >= 0.6 is 11.3 Å². The molecule has 1 atom stereocenters. The van der Waals surface area contributed by atoms with Crippen molar-refractivity contribution >= 4 is 23.4 Å². The number of pyridine rings is 1. The van der Waals surface area contributed by atoms with E-state index in [1.165, 1.54) is 11.3 Å². The predicted octanol–water partition coefficient (Wildman–Crippen LogP) is 2.60. The molecule has 0 aromatic carbocycles. The van der Waals surface area contributed by atoms with Crippen molar-refractivity contribution in [2.24, 2.45) is 0 Å². The topological polar surface area (TPSA) is 125 Å². The number of thiazole rings is 1. The Morgan fingerprint density at radius 3 is 2.69 bits per heavy atom. The lowest BCUT2D eigenvalue weighted by Crippen LogP contribution is -2.44. The van der Waals surface area contributed by atoms with Gasteiger partial charge in [-0.1, -0.05) is 6.07 Å². The molecule has 0 fully saturated rings. The molecule has 0 bridgehead atoms. The minimum atomic E-state index is -1.18. The summed E-state index contributed by atoms with van der Waals surface area (Å²) in [7, 11) is 0. The van der Waals surface area contributed by atoms with E-state index in [0.29, 0.717) is 16.4 Å². The van der Waals surface area contributed by atoms with Crippen molar-refractivity contribution in [1.29, 1.82) is 5.26 Å². The first-order valence-corrected chi connectivity index (χ1v) is 8.60. The molecule has 0 aliphatic heterocycles. The highest BCUT2D eigenvalue weighted by atomic mass is 32.1. The predicted molar refractivity (Wildman–Crippen MR) is 94.6 cm³/mol. The summed E-state index contributed by atoms with van der Waals surface area (Å²) in [6, 6.07) is 5.79. The Balaban J connectivity index is 2.10. The van der Waals surface area contributed by atoms with Crippen LogP contribution in [0.5, 0.6) is 0 Å². The van der Waals surface area contributed by atoms with Crippen molar-refractivity contribution in [3.8, 4) is 17.5 Å². The second-order valence-electron chi connectivity index (χ2n) is 6.39. The van der Waals surface area contributed by atoms with E-state index in [-0.39, 0.29) is 12.1 Å². The van der Waals surface area contributed by atoms with Crippen LogP contribution in [0.1, 0.15) is 31.5 Å². The molecule has 2 N–H and O–H groups in total. The molecular formula is C17H18N4O4S. The summed E-state index contributed by atoms with van der Waals surface area (Å²) in [5.41, 5.74) is 0.618. The Hall–Kier alpha value is -2.99. The summed E-state index contributed by atoms with van der Waals surface area (Å²) in [4.78, 5) is 31.7. The maximum absolute atomic E-state index is 11.8. The Bertz CT molecular complexity index is 851. The number of hydrogen-bond donors (Lipinski definition) is 2. The SMILES string of the molecule is CC(C)(C)OC(=O)NC(Cc1nc(-c2cccc(C#N)n2)cs1)C(=O)O. The first-order chi connectivity index (χ1) is 12.2. The third kappa shape index (κ3) is 5.53. The van der Waals surface area contributed by atoms with Crippen LogP contribution in [0.3, 0.4) is 0 Å². The maximum Gasteiger partial charge on any atom is 0.408 e. The zero-order chi connectivity index (χ0) is 19.3. The van der Waals surface area contributed by atoms with E-state index in [4.69, 9.17) is 10.00 Å². The van der Waals surface area contributed by atoms with Gasteiger partial charge in [0, 0.05) is 11.8 Å². The summed E-state index contributed by atoms with van der Waals surface area (Å²) in [5.74, 6) is -1.18. The van der Waals surface area contributed by atoms with Gasteiger partial charge in [0.15, 0.2) is 0 Å². The van der Waals surface area contributed by atoms with Crippen LogP contribution in [0.4, 0.5) is 4.79 Å². The molecule has 0 aliphatic rings. The van der Waals surface area contributed by atoms with E-state index in [1.54, 1.807) is 44.4 Å². The van der Waals surface area contributed by atoms with Gasteiger partial charge in [0.25, 0.3) is 0 Å². The first-order valence-electron chi connectivity index (χ1n) is 7.72. The number of ether oxygens (including phenoxy) is 1. The van der Waals surface area contributed by atoms with E-state index in [1.807, 2.05) is 6.07 Å². The van der Waals surface area contributed by atoms with E-state index < -0.39 is 23.7 Å². The van der Waals surface area contributed by atoms with Crippen molar-refractivity contribution in [1.82, 2.24) is 15.3 Å². The Labute approximate surface area is 154 Å². The number of aromatic nitrogens is 2. The van der Waals surface area contributed by atoms with Gasteiger partial charge in [-0.25, -0.2) is 19.6 Å². The van der Waals surface area contributed by atoms with Crippen molar-refractivity contribution < 1.29 is 19.4 Å². The number of alkyl carbamates (subject to hydrolysis) is 1. The lowest BCUT2D eigenvalue weighted by Gasteiger charge is -2.21. The monoisotopic (exact) mass is 374 g/mol. The summed E-state index contributed by atoms with van der Waals surface area (Å²) in [5, 5.41) is 22.8. The van der Waals surface area contributed by atoms with Crippen LogP contribution in [0.25, 0.3) is 11.4 Å². The number of hydrogen-bond acceptors (Lipinski definition) is 7. The van der Waals surface area contributed by atoms with Crippen LogP contribution in [-0.2, 0) is 16.0 Å². The van der Waals surface area contributed by atoms with E-state index in [9.17, 15) is 14.7 Å². The smallest absolute Gasteiger partial charge is 0.408 e. The number of nitrogens with zero attached hydrogens (tertiary/aromatic N) is 3. The molecule has 0 saturated heterocycles. The molecule has 1 amide bonds. The second-order valence-corrected chi connectivity index (χ2v) is 7.33. The van der Waals surface area contributed by atoms with Crippen LogP contribution < -0.4 is 5.32 Å². The van der Waals surface area contributed by atoms with Crippen LogP contribution in [0.2, 0.25) is 0 Å². The quantitative estimate of drug-likeness (QED) is 0.824. The minimum Gasteiger partial charge on any atom is -0.480 e. The zero-order valence-electron chi connectivity index (χ0n) is 14.5. The second kappa shape index (κ2) is 7.93. The molecule has 26 heavy (non-hydrogen) atoms. The van der Waals surface area contributed by atoms with Crippen molar-refractivity contribution in [3.63, 3.8) is 0 Å². The summed E-state index contributed by atoms with van der Waals surface area (Å²) >= 11 is 1.25. The molecule has 2 rings (SSSR count). The van der Waals surface area contributed by atoms with Gasteiger partial charge < -0.3 is 15.2 Å². The Morgan fingerprint density at radius 1 is 1.35 bits per heavy atom. The lowest BCUT2D eigenvalue weighted by atomic mass is 10.2. The van der Waals surface area contributed by atoms with Crippen LogP contribution in [-0.4, -0.2) is 38.8 Å². The fourth-order valence-electron chi connectivity index (χ4n) is 1.99. The number of nitriles is 1. The van der Waals surface area contributed by atoms with Gasteiger partial charge >= 0.3 is 12.1 Å². The molecule has 136 valence electrons. The third-order valence-electron chi connectivity index (χ3n) is 3.05. The number of amides is 1. The number of aliphatic carboxylic acids is 1. The zero-order valence-corrected chi connectivity index (χ0v) is 15.3. The summed E-state index contributed by atoms with van der Waals surface area (Å²) in [6.45, 7) is 5.08. The summed E-state index contributed by atoms with van der Waals surface area (Å²) in [6.07, 6.45) is -0.790. The molecule has 0 aliphatic carbocycles. The van der Waals surface area contributed by atoms with Crippen molar-refractivity contribution in [3.05, 3.63) is 34.3 Å². The van der Waals surface area contributed by atoms with E-state index in [2.05, 4.69) is 15.3 Å². The third-order valence-corrected chi connectivity index (χ3v) is 3.92. The van der Waals surface area contributed by atoms with Crippen LogP contribution in [0, 0.1) is 11.3 Å². The lowest BCUT2D eigenvalue weighted by molar-refractivity contribution is -0.139. The Morgan fingerprint density at radius 2 is 2.08 bits per heavy atom. The number of rotatable bonds is 5. The largest absolute Gasteiger partial charge is 0.480 e. The van der Waals surface area contributed by atoms with Crippen molar-refractivity contribution in [2.45, 2.75) is 38.8 Å². The number of carbonyl (C=O) groups is 2. The molecule has 1 unspecified atom stereocenters. The normalized spacial score (nSPS) is 12.1. The Kier molecular flexibility index (Phi) is 5.90. The number of nitrogens with one attached hydrogen (secondary N) is 1. The fourth-order valence-corrected chi connectivity index (χ4v) is 2.82. The van der Waals surface area contributed by atoms with Gasteiger partial charge in [0.2, 0.25) is 0 Å². The van der Waals surface area contributed by atoms with Gasteiger partial charge in [0.05, 0.1) is 16.4 Å². The minimum absolute atomic E-state index is 0.0111. The van der Waals surface area contributed by atoms with Gasteiger partial charge in [-0.3, -0.25) is 0 Å². The molecular weight excluding hydrogens is 356 g/mol.